The van der Waals surface area contributed by atoms with Gasteiger partial charge in [0.05, 0.1) is 22.8 Å². The van der Waals surface area contributed by atoms with E-state index >= 15 is 0 Å². The summed E-state index contributed by atoms with van der Waals surface area (Å²) in [5.74, 6) is -2.17. The number of hydrogen-bond donors (Lipinski definition) is 1. The molecule has 0 atom stereocenters. The molecule has 8 nitrogen and oxygen atoms in total. The Bertz CT molecular complexity index is 1880. The normalized spacial score (nSPS) is 11.5. The van der Waals surface area contributed by atoms with Gasteiger partial charge in [-0.3, -0.25) is 0 Å². The van der Waals surface area contributed by atoms with Crippen LogP contribution >= 0.6 is 0 Å². The van der Waals surface area contributed by atoms with Gasteiger partial charge in [0.1, 0.15) is 0 Å². The van der Waals surface area contributed by atoms with Crippen molar-refractivity contribution in [2.24, 2.45) is 0 Å². The largest absolute Gasteiger partial charge is 2.00 e. The summed E-state index contributed by atoms with van der Waals surface area (Å²) in [6.07, 6.45) is 13.5. The quantitative estimate of drug-likeness (QED) is 0.201. The van der Waals surface area contributed by atoms with E-state index in [4.69, 9.17) is 29.8 Å². The minimum atomic E-state index is -1.08. The van der Waals surface area contributed by atoms with Gasteiger partial charge < -0.3 is 29.4 Å². The van der Waals surface area contributed by atoms with E-state index < -0.39 is 11.9 Å². The minimum Gasteiger partial charge on any atom is -0.550 e. The van der Waals surface area contributed by atoms with Crippen LogP contribution in [-0.4, -0.2) is 31.5 Å². The first-order valence-electron chi connectivity index (χ1n) is 17.5. The van der Waals surface area contributed by atoms with Crippen molar-refractivity contribution >= 4 is 57.8 Å². The summed E-state index contributed by atoms with van der Waals surface area (Å²) in [4.78, 5) is 32.1. The Labute approximate surface area is 302 Å². The van der Waals surface area contributed by atoms with E-state index in [0.29, 0.717) is 0 Å². The molecular formula is C40H52FeN4O4. The number of allylic oxidation sites excluding steroid dienone is 1. The summed E-state index contributed by atoms with van der Waals surface area (Å²) in [5.41, 5.74) is 19.4. The Morgan fingerprint density at radius 1 is 0.633 bits per heavy atom. The number of aromatic amines is 1. The van der Waals surface area contributed by atoms with Crippen LogP contribution in [-0.2, 0) is 71.7 Å². The zero-order chi connectivity index (χ0) is 35.7. The van der Waals surface area contributed by atoms with Gasteiger partial charge in [-0.2, -0.15) is 0 Å². The fourth-order valence-corrected chi connectivity index (χ4v) is 7.09. The Kier molecular flexibility index (Phi) is 15.8. The van der Waals surface area contributed by atoms with Crippen molar-refractivity contribution in [1.82, 2.24) is 19.5 Å². The van der Waals surface area contributed by atoms with Gasteiger partial charge in [-0.25, -0.2) is 9.97 Å². The maximum atomic E-state index is 8.89. The van der Waals surface area contributed by atoms with E-state index in [2.05, 4.69) is 95.3 Å². The maximum absolute atomic E-state index is 8.89. The number of carbonyl (C=O) groups excluding carboxylic acids is 2. The van der Waals surface area contributed by atoms with Crippen molar-refractivity contribution in [3.05, 3.63) is 68.3 Å². The first-order valence-corrected chi connectivity index (χ1v) is 17.5. The smallest absolute Gasteiger partial charge is 0.550 e. The first-order chi connectivity index (χ1) is 22.9. The second kappa shape index (κ2) is 18.7. The summed E-state index contributed by atoms with van der Waals surface area (Å²) < 4.78 is 2.57. The maximum Gasteiger partial charge on any atom is 2.00 e. The molecule has 0 spiro atoms. The summed E-state index contributed by atoms with van der Waals surface area (Å²) in [6, 6.07) is 4.45. The van der Waals surface area contributed by atoms with Gasteiger partial charge >= 0.3 is 17.1 Å². The molecule has 5 heterocycles. The Morgan fingerprint density at radius 3 is 1.55 bits per heavy atom. The predicted molar refractivity (Wildman–Crippen MR) is 195 cm³/mol. The molecule has 8 bridgehead atoms. The third-order valence-electron chi connectivity index (χ3n) is 8.86. The van der Waals surface area contributed by atoms with Crippen LogP contribution in [0.15, 0.2) is 12.1 Å². The van der Waals surface area contributed by atoms with Crippen molar-refractivity contribution in [3.8, 4) is 0 Å². The van der Waals surface area contributed by atoms with Crippen LogP contribution < -0.4 is 10.2 Å². The summed E-state index contributed by atoms with van der Waals surface area (Å²) in [6.45, 7) is 21.2. The molecule has 0 fully saturated rings. The van der Waals surface area contributed by atoms with Crippen LogP contribution in [0.3, 0.4) is 0 Å². The molecule has 3 aromatic heterocycles. The minimum absolute atomic E-state index is 0. The zero-order valence-corrected chi connectivity index (χ0v) is 32.0. The first kappa shape index (κ1) is 41.2. The van der Waals surface area contributed by atoms with Crippen molar-refractivity contribution in [3.63, 3.8) is 0 Å². The molecule has 0 unspecified atom stereocenters. The molecule has 3 aromatic rings. The van der Waals surface area contributed by atoms with Crippen molar-refractivity contribution in [2.45, 2.75) is 121 Å². The number of carbonyl (C=O) groups is 2. The average molecular weight is 709 g/mol. The number of nitrogens with one attached hydrogen (secondary N) is 1. The number of carboxylic acids is 2. The molecule has 1 N–H and O–H groups in total. The Hall–Kier alpha value is -3.94. The van der Waals surface area contributed by atoms with E-state index in [9.17, 15) is 0 Å². The number of fused-ring (bicyclic) bond motifs is 8. The molecule has 2 aliphatic rings. The number of H-pyrrole nitrogens is 1. The van der Waals surface area contributed by atoms with E-state index in [1.807, 2.05) is 0 Å². The van der Waals surface area contributed by atoms with Crippen LogP contribution in [0.1, 0.15) is 132 Å². The number of aromatic nitrogens is 4. The van der Waals surface area contributed by atoms with Gasteiger partial charge in [-0.15, -0.1) is 0 Å². The molecule has 0 saturated carbocycles. The van der Waals surface area contributed by atoms with Crippen molar-refractivity contribution in [1.29, 1.82) is 0 Å². The Balaban J connectivity index is 0.000000837. The molecule has 2 aliphatic heterocycles. The van der Waals surface area contributed by atoms with Crippen molar-refractivity contribution < 1.29 is 36.9 Å². The summed E-state index contributed by atoms with van der Waals surface area (Å²) in [5, 5.41) is 17.8. The van der Waals surface area contributed by atoms with Crippen molar-refractivity contribution in [2.75, 3.05) is 0 Å². The molecule has 9 heteroatoms. The van der Waals surface area contributed by atoms with Crippen LogP contribution in [0.5, 0.6) is 0 Å². The van der Waals surface area contributed by atoms with Gasteiger partial charge in [0, 0.05) is 46.1 Å². The molecule has 5 rings (SSSR count). The Morgan fingerprint density at radius 2 is 1.10 bits per heavy atom. The van der Waals surface area contributed by atoms with E-state index in [1.54, 1.807) is 0 Å². The van der Waals surface area contributed by atoms with Crippen LogP contribution in [0.25, 0.3) is 45.9 Å². The van der Waals surface area contributed by atoms with E-state index in [1.165, 1.54) is 61.0 Å². The van der Waals surface area contributed by atoms with Crippen LogP contribution in [0.2, 0.25) is 0 Å². The predicted octanol–water partition coefficient (Wildman–Crippen LogP) is 6.81. The molecule has 0 radical (unpaired) electrons. The fraction of sp³-hybridized carbons (Fsp3) is 0.450. The fourth-order valence-electron chi connectivity index (χ4n) is 7.09. The molecule has 0 aromatic carbocycles. The number of aryl methyl sites for hydroxylation is 7. The summed E-state index contributed by atoms with van der Waals surface area (Å²) in [7, 11) is 0. The van der Waals surface area contributed by atoms with Gasteiger partial charge in [0.15, 0.2) is 0 Å². The number of hydrogen-bond acceptors (Lipinski definition) is 6. The topological polar surface area (TPSA) is 127 Å². The van der Waals surface area contributed by atoms with E-state index in [0.717, 1.165) is 88.1 Å². The van der Waals surface area contributed by atoms with Crippen LogP contribution in [0, 0.1) is 0 Å². The average Bonchev–Trinajstić information content (AvgIpc) is 3.81. The van der Waals surface area contributed by atoms with E-state index in [-0.39, 0.29) is 17.1 Å². The second-order valence-electron chi connectivity index (χ2n) is 11.8. The zero-order valence-electron chi connectivity index (χ0n) is 30.9. The van der Waals surface area contributed by atoms with Gasteiger partial charge in [-0.05, 0) is 129 Å². The molecule has 49 heavy (non-hydrogen) atoms. The number of nitrogens with zero attached hydrogens (tertiary/aromatic N) is 3. The molecule has 0 aliphatic carbocycles. The second-order valence-corrected chi connectivity index (χ2v) is 11.8. The van der Waals surface area contributed by atoms with Gasteiger partial charge in [-0.1, -0.05) is 48.5 Å². The standard InChI is InChI=1S/C36H46N4.2C2H4O2.Fe/c1-9-22-19-25-20-23-17-18-24(37-23)21-32-26(10-2)29(13-5)36(40(32)16-8)31(15-7)35-28(12-4)27(11-3)34(39-35)30(14-6)33(22)38-25;2*1-2(3)4;/h17-21,39H,9-16H2,1-8H3;2*1H3,(H,3,4);/q;;;+2/p-2. The SMILES string of the molecule is CC(=O)[O-].CC(=O)[O-].CCC1=Cc2cc3nc(cc4c(CC)c(CC)c(c(CC)c5[nH]c(c(CC)c1n2)c(CC)c5CC)n4CC)C=C3.[Fe+2]. The number of carboxylic acid groups (broad SMARTS) is 2. The molecule has 264 valence electrons. The third kappa shape index (κ3) is 9.00. The summed E-state index contributed by atoms with van der Waals surface area (Å²) >= 11 is 0. The number of aliphatic carboxylic acids is 2. The van der Waals surface area contributed by atoms with Crippen LogP contribution in [0.4, 0.5) is 0 Å². The van der Waals surface area contributed by atoms with Gasteiger partial charge in [0.25, 0.3) is 0 Å². The monoisotopic (exact) mass is 708 g/mol. The third-order valence-corrected chi connectivity index (χ3v) is 8.86. The molecule has 0 saturated heterocycles. The molecular weight excluding hydrogens is 656 g/mol. The molecule has 0 amide bonds. The number of rotatable bonds is 8. The van der Waals surface area contributed by atoms with Gasteiger partial charge in [0.2, 0.25) is 0 Å².